The fourth-order valence-corrected chi connectivity index (χ4v) is 3.42. The van der Waals surface area contributed by atoms with Gasteiger partial charge in [0.05, 0.1) is 0 Å². The van der Waals surface area contributed by atoms with Gasteiger partial charge in [-0.05, 0) is 45.6 Å². The Labute approximate surface area is 105 Å². The van der Waals surface area contributed by atoms with Crippen LogP contribution in [0.25, 0.3) is 0 Å². The highest BCUT2D eigenvalue weighted by molar-refractivity contribution is 5.81. The van der Waals surface area contributed by atoms with E-state index in [1.54, 1.807) is 7.11 Å². The molecule has 0 aromatic rings. The number of carbonyl (C=O) groups is 1. The first kappa shape index (κ1) is 13.0. The van der Waals surface area contributed by atoms with Crippen LogP contribution in [0, 0.1) is 5.92 Å². The van der Waals surface area contributed by atoms with Crippen LogP contribution in [0.4, 0.5) is 0 Å². The van der Waals surface area contributed by atoms with Gasteiger partial charge < -0.3 is 9.64 Å². The van der Waals surface area contributed by atoms with Crippen molar-refractivity contribution in [2.75, 3.05) is 20.8 Å². The predicted molar refractivity (Wildman–Crippen MR) is 68.0 cm³/mol. The van der Waals surface area contributed by atoms with Crippen LogP contribution in [0.15, 0.2) is 0 Å². The van der Waals surface area contributed by atoms with Crippen molar-refractivity contribution in [2.24, 2.45) is 5.92 Å². The van der Waals surface area contributed by atoms with E-state index in [1.165, 1.54) is 12.8 Å². The number of rotatable bonds is 6. The van der Waals surface area contributed by atoms with E-state index in [9.17, 15) is 4.79 Å². The fourth-order valence-electron chi connectivity index (χ4n) is 3.42. The zero-order chi connectivity index (χ0) is 12.3. The number of nitrogens with zero attached hydrogens (tertiary/aromatic N) is 1. The minimum absolute atomic E-state index is 0.353. The molecule has 2 saturated heterocycles. The Morgan fingerprint density at radius 3 is 2.47 bits per heavy atom. The van der Waals surface area contributed by atoms with Gasteiger partial charge in [-0.2, -0.15) is 0 Å². The summed E-state index contributed by atoms with van der Waals surface area (Å²) in [4.78, 5) is 14.6. The van der Waals surface area contributed by atoms with Crippen molar-refractivity contribution in [3.63, 3.8) is 0 Å². The first-order valence-electron chi connectivity index (χ1n) is 6.96. The standard InChI is InChI=1S/C14H25NO2/c1-15-12-6-7-13(15)10-11(9-12)14(16)5-3-4-8-17-2/h11-13H,3-10H2,1-2H3. The van der Waals surface area contributed by atoms with E-state index in [1.807, 2.05) is 0 Å². The number of piperidine rings is 1. The Balaban J connectivity index is 1.74. The average Bonchev–Trinajstić information content (AvgIpc) is 2.57. The Kier molecular flexibility index (Phi) is 4.57. The van der Waals surface area contributed by atoms with Crippen molar-refractivity contribution >= 4 is 5.78 Å². The normalized spacial score (nSPS) is 32.9. The van der Waals surface area contributed by atoms with Gasteiger partial charge in [0, 0.05) is 38.1 Å². The second kappa shape index (κ2) is 5.96. The third-order valence-corrected chi connectivity index (χ3v) is 4.58. The van der Waals surface area contributed by atoms with E-state index in [2.05, 4.69) is 11.9 Å². The van der Waals surface area contributed by atoms with E-state index in [4.69, 9.17) is 4.74 Å². The summed E-state index contributed by atoms with van der Waals surface area (Å²) < 4.78 is 5.01. The third kappa shape index (κ3) is 3.08. The van der Waals surface area contributed by atoms with Gasteiger partial charge in [-0.25, -0.2) is 0 Å². The maximum atomic E-state index is 12.1. The molecule has 2 unspecified atom stereocenters. The van der Waals surface area contributed by atoms with Gasteiger partial charge in [0.25, 0.3) is 0 Å². The number of unbranched alkanes of at least 4 members (excludes halogenated alkanes) is 1. The summed E-state index contributed by atoms with van der Waals surface area (Å²) in [6.07, 6.45) is 7.59. The number of carbonyl (C=O) groups excluding carboxylic acids is 1. The molecule has 3 heteroatoms. The predicted octanol–water partition coefficient (Wildman–Crippen LogP) is 2.25. The summed E-state index contributed by atoms with van der Waals surface area (Å²) in [5.74, 6) is 0.859. The summed E-state index contributed by atoms with van der Waals surface area (Å²) in [5.41, 5.74) is 0. The third-order valence-electron chi connectivity index (χ3n) is 4.58. The Morgan fingerprint density at radius 1 is 1.24 bits per heavy atom. The zero-order valence-corrected chi connectivity index (χ0v) is 11.2. The zero-order valence-electron chi connectivity index (χ0n) is 11.2. The summed E-state index contributed by atoms with van der Waals surface area (Å²) in [6.45, 7) is 0.784. The molecule has 17 heavy (non-hydrogen) atoms. The summed E-state index contributed by atoms with van der Waals surface area (Å²) in [5, 5.41) is 0. The molecule has 2 atom stereocenters. The van der Waals surface area contributed by atoms with E-state index in [0.29, 0.717) is 23.8 Å². The minimum Gasteiger partial charge on any atom is -0.385 e. The van der Waals surface area contributed by atoms with Gasteiger partial charge in [-0.15, -0.1) is 0 Å². The molecule has 0 aromatic carbocycles. The number of hydrogen-bond acceptors (Lipinski definition) is 3. The first-order chi connectivity index (χ1) is 8.22. The number of Topliss-reactive ketones (excluding diaryl/α,β-unsaturated/α-hetero) is 1. The van der Waals surface area contributed by atoms with Gasteiger partial charge >= 0.3 is 0 Å². The van der Waals surface area contributed by atoms with Crippen LogP contribution >= 0.6 is 0 Å². The van der Waals surface area contributed by atoms with Gasteiger partial charge in [-0.1, -0.05) is 0 Å². The molecule has 0 aliphatic carbocycles. The highest BCUT2D eigenvalue weighted by Gasteiger charge is 2.40. The van der Waals surface area contributed by atoms with Crippen LogP contribution in [0.2, 0.25) is 0 Å². The lowest BCUT2D eigenvalue weighted by atomic mass is 9.86. The molecule has 0 aromatic heterocycles. The maximum Gasteiger partial charge on any atom is 0.136 e. The number of ketones is 1. The highest BCUT2D eigenvalue weighted by Crippen LogP contribution is 2.38. The molecule has 0 radical (unpaired) electrons. The van der Waals surface area contributed by atoms with E-state index < -0.39 is 0 Å². The molecule has 3 nitrogen and oxygen atoms in total. The molecule has 2 aliphatic rings. The van der Waals surface area contributed by atoms with Crippen molar-refractivity contribution in [2.45, 2.75) is 57.0 Å². The monoisotopic (exact) mass is 239 g/mol. The molecular weight excluding hydrogens is 214 g/mol. The second-order valence-electron chi connectivity index (χ2n) is 5.64. The summed E-state index contributed by atoms with van der Waals surface area (Å²) >= 11 is 0. The number of fused-ring (bicyclic) bond motifs is 2. The van der Waals surface area contributed by atoms with Gasteiger partial charge in [0.2, 0.25) is 0 Å². The maximum absolute atomic E-state index is 12.1. The first-order valence-corrected chi connectivity index (χ1v) is 6.96. The largest absolute Gasteiger partial charge is 0.385 e. The van der Waals surface area contributed by atoms with Crippen molar-refractivity contribution in [1.82, 2.24) is 4.90 Å². The molecule has 98 valence electrons. The quantitative estimate of drug-likeness (QED) is 0.666. The summed E-state index contributed by atoms with van der Waals surface area (Å²) in [6, 6.07) is 1.36. The molecule has 0 amide bonds. The SMILES string of the molecule is COCCCCC(=O)C1CC2CCC(C1)N2C. The topological polar surface area (TPSA) is 29.5 Å². The van der Waals surface area contributed by atoms with Crippen molar-refractivity contribution < 1.29 is 9.53 Å². The smallest absolute Gasteiger partial charge is 0.136 e. The molecular formula is C14H25NO2. The lowest BCUT2D eigenvalue weighted by Gasteiger charge is -2.35. The van der Waals surface area contributed by atoms with E-state index >= 15 is 0 Å². The van der Waals surface area contributed by atoms with Crippen LogP contribution in [0.1, 0.15) is 44.9 Å². The van der Waals surface area contributed by atoms with Gasteiger partial charge in [0.15, 0.2) is 0 Å². The molecule has 0 saturated carbocycles. The molecule has 2 fully saturated rings. The number of hydrogen-bond donors (Lipinski definition) is 0. The second-order valence-corrected chi connectivity index (χ2v) is 5.64. The number of ether oxygens (including phenoxy) is 1. The van der Waals surface area contributed by atoms with E-state index in [0.717, 1.165) is 38.7 Å². The van der Waals surface area contributed by atoms with Crippen LogP contribution in [0.5, 0.6) is 0 Å². The average molecular weight is 239 g/mol. The van der Waals surface area contributed by atoms with Crippen LogP contribution in [0.3, 0.4) is 0 Å². The molecule has 2 bridgehead atoms. The highest BCUT2D eigenvalue weighted by atomic mass is 16.5. The number of methoxy groups -OCH3 is 1. The van der Waals surface area contributed by atoms with Crippen LogP contribution in [-0.4, -0.2) is 43.5 Å². The molecule has 2 aliphatic heterocycles. The lowest BCUT2D eigenvalue weighted by molar-refractivity contribution is -0.125. The molecule has 0 spiro atoms. The molecule has 2 heterocycles. The van der Waals surface area contributed by atoms with Crippen LogP contribution < -0.4 is 0 Å². The minimum atomic E-state index is 0.353. The lowest BCUT2D eigenvalue weighted by Crippen LogP contribution is -2.42. The van der Waals surface area contributed by atoms with Crippen molar-refractivity contribution in [1.29, 1.82) is 0 Å². The summed E-state index contributed by atoms with van der Waals surface area (Å²) in [7, 11) is 3.94. The Bertz CT molecular complexity index is 253. The van der Waals surface area contributed by atoms with Crippen LogP contribution in [-0.2, 0) is 9.53 Å². The van der Waals surface area contributed by atoms with E-state index in [-0.39, 0.29) is 0 Å². The van der Waals surface area contributed by atoms with Crippen molar-refractivity contribution in [3.05, 3.63) is 0 Å². The molecule has 2 rings (SSSR count). The molecule has 0 N–H and O–H groups in total. The van der Waals surface area contributed by atoms with Crippen molar-refractivity contribution in [3.8, 4) is 0 Å². The fraction of sp³-hybridized carbons (Fsp3) is 0.929. The van der Waals surface area contributed by atoms with Gasteiger partial charge in [0.1, 0.15) is 5.78 Å². The Hall–Kier alpha value is -0.410. The van der Waals surface area contributed by atoms with Gasteiger partial charge in [-0.3, -0.25) is 4.79 Å². The Morgan fingerprint density at radius 2 is 1.88 bits per heavy atom.